The average molecular weight is 509 g/mol. The fraction of sp³-hybridized carbons (Fsp3) is 0.379. The van der Waals surface area contributed by atoms with Crippen LogP contribution in [0.2, 0.25) is 10.0 Å². The Kier molecular flexibility index (Phi) is 6.65. The van der Waals surface area contributed by atoms with Crippen molar-refractivity contribution in [1.29, 1.82) is 0 Å². The Morgan fingerprint density at radius 3 is 2.46 bits per heavy atom. The lowest BCUT2D eigenvalue weighted by molar-refractivity contribution is -0.131. The van der Waals surface area contributed by atoms with Gasteiger partial charge < -0.3 is 10.4 Å². The Balaban J connectivity index is 1.60. The first-order chi connectivity index (χ1) is 16.9. The second kappa shape index (κ2) is 9.57. The van der Waals surface area contributed by atoms with Crippen LogP contribution in [0.5, 0.6) is 0 Å². The SMILES string of the molecule is CC[C@@]12CC[C@@H](c3ccc(-c4ccc(C)nc4)cc3Cl)C(c3ccc(Cl)cc3)[C@@H]1[C@@H](CO)NC2=O. The summed E-state index contributed by atoms with van der Waals surface area (Å²) in [5, 5.41) is 14.8. The summed E-state index contributed by atoms with van der Waals surface area (Å²) < 4.78 is 0. The largest absolute Gasteiger partial charge is 0.394 e. The number of benzene rings is 2. The molecule has 2 heterocycles. The van der Waals surface area contributed by atoms with Gasteiger partial charge in [0, 0.05) is 33.4 Å². The van der Waals surface area contributed by atoms with Crippen LogP contribution >= 0.6 is 23.2 Å². The van der Waals surface area contributed by atoms with Gasteiger partial charge in [-0.05, 0) is 79.0 Å². The molecule has 5 atom stereocenters. The standard InChI is InChI=1S/C29H30Cl2N2O2/c1-3-29-13-12-23(22-11-8-19(14-24(22)31)20-5-4-17(2)32-15-20)26(18-6-9-21(30)10-7-18)27(29)25(16-34)33-28(29)35/h4-11,14-15,23,25-27,34H,3,12-13,16H2,1-2H3,(H,33,35)/t23-,25+,26?,27-,29+/m0/s1. The van der Waals surface area contributed by atoms with Crippen LogP contribution in [0.3, 0.4) is 0 Å². The molecule has 1 saturated carbocycles. The zero-order valence-electron chi connectivity index (χ0n) is 20.0. The maximum atomic E-state index is 13.2. The minimum absolute atomic E-state index is 0.0152. The van der Waals surface area contributed by atoms with Gasteiger partial charge in [-0.25, -0.2) is 0 Å². The van der Waals surface area contributed by atoms with Crippen LogP contribution in [0.15, 0.2) is 60.8 Å². The Hall–Kier alpha value is -2.40. The highest BCUT2D eigenvalue weighted by Crippen LogP contribution is 2.60. The maximum Gasteiger partial charge on any atom is 0.226 e. The number of nitrogens with one attached hydrogen (secondary N) is 1. The van der Waals surface area contributed by atoms with Crippen molar-refractivity contribution in [3.8, 4) is 11.1 Å². The summed E-state index contributed by atoms with van der Waals surface area (Å²) in [6, 6.07) is 17.9. The molecule has 1 aromatic heterocycles. The minimum atomic E-state index is -0.492. The maximum absolute atomic E-state index is 13.2. The van der Waals surface area contributed by atoms with Crippen LogP contribution in [-0.2, 0) is 4.79 Å². The third-order valence-corrected chi connectivity index (χ3v) is 8.87. The van der Waals surface area contributed by atoms with Gasteiger partial charge in [0.15, 0.2) is 0 Å². The predicted octanol–water partition coefficient (Wildman–Crippen LogP) is 6.53. The molecule has 5 rings (SSSR count). The third kappa shape index (κ3) is 4.16. The lowest BCUT2D eigenvalue weighted by Crippen LogP contribution is -2.45. The Morgan fingerprint density at radius 1 is 1.09 bits per heavy atom. The summed E-state index contributed by atoms with van der Waals surface area (Å²) in [5.74, 6) is 0.151. The quantitative estimate of drug-likeness (QED) is 0.411. The number of aliphatic hydroxyl groups excluding tert-OH is 1. The first-order valence-corrected chi connectivity index (χ1v) is 13.0. The smallest absolute Gasteiger partial charge is 0.226 e. The molecule has 0 spiro atoms. The number of amides is 1. The summed E-state index contributed by atoms with van der Waals surface area (Å²) >= 11 is 13.2. The number of aromatic nitrogens is 1. The molecular weight excluding hydrogens is 479 g/mol. The lowest BCUT2D eigenvalue weighted by Gasteiger charge is -2.48. The van der Waals surface area contributed by atoms with E-state index in [0.29, 0.717) is 10.0 Å². The molecule has 2 N–H and O–H groups in total. The lowest BCUT2D eigenvalue weighted by atomic mass is 9.54. The van der Waals surface area contributed by atoms with Gasteiger partial charge in [0.2, 0.25) is 5.91 Å². The fourth-order valence-electron chi connectivity index (χ4n) is 6.51. The van der Waals surface area contributed by atoms with Crippen molar-refractivity contribution in [2.45, 2.75) is 51.0 Å². The van der Waals surface area contributed by atoms with Gasteiger partial charge in [-0.3, -0.25) is 9.78 Å². The summed E-state index contributed by atoms with van der Waals surface area (Å²) in [7, 11) is 0. The van der Waals surface area contributed by atoms with Crippen LogP contribution in [0.1, 0.15) is 54.8 Å². The van der Waals surface area contributed by atoms with Crippen molar-refractivity contribution in [2.75, 3.05) is 6.61 Å². The summed E-state index contributed by atoms with van der Waals surface area (Å²) in [5.41, 5.74) is 4.74. The molecule has 4 nitrogen and oxygen atoms in total. The van der Waals surface area contributed by atoms with Crippen LogP contribution < -0.4 is 5.32 Å². The van der Waals surface area contributed by atoms with Crippen LogP contribution in [0, 0.1) is 18.3 Å². The Morgan fingerprint density at radius 2 is 1.83 bits per heavy atom. The van der Waals surface area contributed by atoms with E-state index < -0.39 is 5.41 Å². The van der Waals surface area contributed by atoms with Gasteiger partial charge in [0.1, 0.15) is 0 Å². The average Bonchev–Trinajstić information content (AvgIpc) is 3.16. The molecule has 2 fully saturated rings. The number of nitrogens with zero attached hydrogens (tertiary/aromatic N) is 1. The van der Waals surface area contributed by atoms with Crippen molar-refractivity contribution >= 4 is 29.1 Å². The molecule has 2 aromatic carbocycles. The Bertz CT molecular complexity index is 1230. The van der Waals surface area contributed by atoms with E-state index >= 15 is 0 Å². The summed E-state index contributed by atoms with van der Waals surface area (Å²) in [6.45, 7) is 3.98. The van der Waals surface area contributed by atoms with Gasteiger partial charge in [0.25, 0.3) is 0 Å². The third-order valence-electron chi connectivity index (χ3n) is 8.29. The second-order valence-electron chi connectivity index (χ2n) is 9.95. The number of aryl methyl sites for hydroxylation is 1. The zero-order valence-corrected chi connectivity index (χ0v) is 21.5. The van der Waals surface area contributed by atoms with Crippen molar-refractivity contribution in [2.24, 2.45) is 11.3 Å². The van der Waals surface area contributed by atoms with E-state index in [9.17, 15) is 9.90 Å². The van der Waals surface area contributed by atoms with E-state index in [2.05, 4.69) is 47.6 Å². The van der Waals surface area contributed by atoms with E-state index in [4.69, 9.17) is 23.2 Å². The molecule has 6 heteroatoms. The summed E-state index contributed by atoms with van der Waals surface area (Å²) in [6.07, 6.45) is 4.22. The van der Waals surface area contributed by atoms with Gasteiger partial charge in [-0.1, -0.05) is 60.5 Å². The van der Waals surface area contributed by atoms with Gasteiger partial charge in [-0.15, -0.1) is 0 Å². The molecule has 182 valence electrons. The number of carbonyl (C=O) groups is 1. The molecular formula is C29H30Cl2N2O2. The number of carbonyl (C=O) groups excluding carboxylic acids is 1. The molecule has 1 aliphatic heterocycles. The molecule has 35 heavy (non-hydrogen) atoms. The molecule has 1 saturated heterocycles. The van der Waals surface area contributed by atoms with Crippen molar-refractivity contribution < 1.29 is 9.90 Å². The van der Waals surface area contributed by atoms with Gasteiger partial charge in [-0.2, -0.15) is 0 Å². The molecule has 0 radical (unpaired) electrons. The molecule has 1 amide bonds. The zero-order chi connectivity index (χ0) is 24.7. The normalized spacial score (nSPS) is 28.0. The fourth-order valence-corrected chi connectivity index (χ4v) is 6.95. The van der Waals surface area contributed by atoms with Gasteiger partial charge >= 0.3 is 0 Å². The van der Waals surface area contributed by atoms with E-state index in [0.717, 1.165) is 47.2 Å². The van der Waals surface area contributed by atoms with E-state index in [-0.39, 0.29) is 36.3 Å². The Labute approximate surface area is 216 Å². The topological polar surface area (TPSA) is 62.2 Å². The number of rotatable bonds is 5. The number of hydrogen-bond acceptors (Lipinski definition) is 3. The predicted molar refractivity (Wildman–Crippen MR) is 141 cm³/mol. The highest BCUT2D eigenvalue weighted by molar-refractivity contribution is 6.31. The summed E-state index contributed by atoms with van der Waals surface area (Å²) in [4.78, 5) is 17.6. The number of pyridine rings is 1. The second-order valence-corrected chi connectivity index (χ2v) is 10.8. The number of fused-ring (bicyclic) bond motifs is 1. The van der Waals surface area contributed by atoms with E-state index in [1.165, 1.54) is 0 Å². The van der Waals surface area contributed by atoms with Crippen LogP contribution in [0.4, 0.5) is 0 Å². The molecule has 0 bridgehead atoms. The van der Waals surface area contributed by atoms with Gasteiger partial charge in [0.05, 0.1) is 18.1 Å². The highest BCUT2D eigenvalue weighted by Gasteiger charge is 2.60. The first kappa shape index (κ1) is 24.3. The minimum Gasteiger partial charge on any atom is -0.394 e. The molecule has 2 aliphatic rings. The molecule has 1 aliphatic carbocycles. The first-order valence-electron chi connectivity index (χ1n) is 12.3. The molecule has 1 unspecified atom stereocenters. The van der Waals surface area contributed by atoms with Crippen molar-refractivity contribution in [3.63, 3.8) is 0 Å². The number of halogens is 2. The van der Waals surface area contributed by atoms with E-state index in [1.807, 2.05) is 37.4 Å². The van der Waals surface area contributed by atoms with Crippen LogP contribution in [-0.4, -0.2) is 28.6 Å². The van der Waals surface area contributed by atoms with Crippen molar-refractivity contribution in [3.05, 3.63) is 87.7 Å². The van der Waals surface area contributed by atoms with Crippen LogP contribution in [0.25, 0.3) is 11.1 Å². The monoisotopic (exact) mass is 508 g/mol. The highest BCUT2D eigenvalue weighted by atomic mass is 35.5. The number of aliphatic hydroxyl groups is 1. The van der Waals surface area contributed by atoms with Crippen molar-refractivity contribution in [1.82, 2.24) is 10.3 Å². The number of hydrogen-bond donors (Lipinski definition) is 2. The molecule has 3 aromatic rings. The van der Waals surface area contributed by atoms with E-state index in [1.54, 1.807) is 0 Å².